The second kappa shape index (κ2) is 7.38. The molecule has 0 amide bonds. The van der Waals surface area contributed by atoms with Crippen LogP contribution in [0.2, 0.25) is 0 Å². The van der Waals surface area contributed by atoms with E-state index >= 15 is 0 Å². The molecule has 1 unspecified atom stereocenters. The lowest BCUT2D eigenvalue weighted by molar-refractivity contribution is -0.137. The zero-order valence-electron chi connectivity index (χ0n) is 16.3. The van der Waals surface area contributed by atoms with Crippen LogP contribution in [0.4, 0.5) is 23.4 Å². The summed E-state index contributed by atoms with van der Waals surface area (Å²) in [6, 6.07) is 2.53. The van der Waals surface area contributed by atoms with Crippen molar-refractivity contribution in [1.29, 1.82) is 0 Å². The molecule has 160 valence electrons. The molecule has 1 aliphatic rings. The van der Waals surface area contributed by atoms with Gasteiger partial charge in [-0.1, -0.05) is 0 Å². The molecule has 1 N–H and O–H groups in total. The first-order valence-corrected chi connectivity index (χ1v) is 9.31. The van der Waals surface area contributed by atoms with E-state index in [4.69, 9.17) is 0 Å². The lowest BCUT2D eigenvalue weighted by Crippen LogP contribution is -2.49. The van der Waals surface area contributed by atoms with Crippen LogP contribution in [-0.2, 0) is 6.18 Å². The molecule has 0 radical (unpaired) electrons. The summed E-state index contributed by atoms with van der Waals surface area (Å²) in [6.45, 7) is 1.02. The number of likely N-dealkylation sites (N-methyl/N-ethyl adjacent to an activating group) is 2. The first kappa shape index (κ1) is 20.3. The van der Waals surface area contributed by atoms with E-state index in [2.05, 4.69) is 15.2 Å². The van der Waals surface area contributed by atoms with E-state index in [-0.39, 0.29) is 17.4 Å². The van der Waals surface area contributed by atoms with Crippen LogP contribution in [-0.4, -0.2) is 69.0 Å². The molecule has 3 aromatic rings. The van der Waals surface area contributed by atoms with Gasteiger partial charge < -0.3 is 14.9 Å². The number of imidazole rings is 1. The molecule has 1 fully saturated rings. The van der Waals surface area contributed by atoms with Crippen molar-refractivity contribution < 1.29 is 22.7 Å². The monoisotopic (exact) mass is 424 g/mol. The van der Waals surface area contributed by atoms with Crippen molar-refractivity contribution in [2.75, 3.05) is 32.1 Å². The molecule has 30 heavy (non-hydrogen) atoms. The second-order valence-corrected chi connectivity index (χ2v) is 7.52. The van der Waals surface area contributed by atoms with Crippen molar-refractivity contribution >= 4 is 11.5 Å². The first-order valence-electron chi connectivity index (χ1n) is 9.31. The van der Waals surface area contributed by atoms with E-state index in [9.17, 15) is 22.7 Å². The number of hydrogen-bond acceptors (Lipinski definition) is 6. The molecule has 2 aromatic heterocycles. The van der Waals surface area contributed by atoms with Crippen LogP contribution >= 0.6 is 0 Å². The Kier molecular flexibility index (Phi) is 5.00. The van der Waals surface area contributed by atoms with Crippen molar-refractivity contribution in [3.63, 3.8) is 0 Å². The van der Waals surface area contributed by atoms with Gasteiger partial charge >= 0.3 is 6.18 Å². The number of anilines is 1. The summed E-state index contributed by atoms with van der Waals surface area (Å²) >= 11 is 0. The quantitative estimate of drug-likeness (QED) is 0.652. The first-order chi connectivity index (χ1) is 14.1. The molecule has 1 aliphatic heterocycles. The Labute approximate surface area is 169 Å². The Morgan fingerprint density at radius 1 is 1.20 bits per heavy atom. The molecular formula is C19H20F4N6O. The Hall–Kier alpha value is -2.95. The normalized spacial score (nSPS) is 20.6. The summed E-state index contributed by atoms with van der Waals surface area (Å²) in [6.07, 6.45) is -2.09. The van der Waals surface area contributed by atoms with Crippen LogP contribution in [0.5, 0.6) is 5.75 Å². The fourth-order valence-corrected chi connectivity index (χ4v) is 3.81. The molecule has 4 rings (SSSR count). The SMILES string of the molecule is CN1CC(N(C)c2nnc(-c3ccc(C(F)(F)F)cc3O)n3ccnc23)C[C@@H](F)C1. The van der Waals surface area contributed by atoms with Crippen molar-refractivity contribution in [2.24, 2.45) is 0 Å². The Balaban J connectivity index is 1.73. The summed E-state index contributed by atoms with van der Waals surface area (Å²) < 4.78 is 54.2. The summed E-state index contributed by atoms with van der Waals surface area (Å²) in [4.78, 5) is 8.01. The van der Waals surface area contributed by atoms with Crippen molar-refractivity contribution in [2.45, 2.75) is 24.8 Å². The predicted molar refractivity (Wildman–Crippen MR) is 102 cm³/mol. The van der Waals surface area contributed by atoms with Gasteiger partial charge in [-0.05, 0) is 25.2 Å². The van der Waals surface area contributed by atoms with Gasteiger partial charge in [0.25, 0.3) is 0 Å². The number of phenolic OH excluding ortho intramolecular Hbond substituents is 1. The summed E-state index contributed by atoms with van der Waals surface area (Å²) in [5, 5.41) is 18.5. The Morgan fingerprint density at radius 2 is 1.97 bits per heavy atom. The van der Waals surface area contributed by atoms with Gasteiger partial charge in [0.15, 0.2) is 17.3 Å². The van der Waals surface area contributed by atoms with Crippen molar-refractivity contribution in [3.05, 3.63) is 36.2 Å². The zero-order valence-corrected chi connectivity index (χ0v) is 16.3. The molecule has 0 spiro atoms. The van der Waals surface area contributed by atoms with Gasteiger partial charge in [0.05, 0.1) is 11.1 Å². The van der Waals surface area contributed by atoms with E-state index in [1.807, 2.05) is 16.8 Å². The highest BCUT2D eigenvalue weighted by molar-refractivity contribution is 5.71. The largest absolute Gasteiger partial charge is 0.507 e. The number of likely N-dealkylation sites (tertiary alicyclic amines) is 1. The van der Waals surface area contributed by atoms with Crippen LogP contribution in [0.15, 0.2) is 30.6 Å². The highest BCUT2D eigenvalue weighted by Crippen LogP contribution is 2.36. The molecule has 3 heterocycles. The molecule has 0 bridgehead atoms. The maximum absolute atomic E-state index is 14.0. The molecule has 0 aliphatic carbocycles. The minimum Gasteiger partial charge on any atom is -0.507 e. The number of rotatable bonds is 3. The van der Waals surface area contributed by atoms with Crippen LogP contribution < -0.4 is 4.90 Å². The van der Waals surface area contributed by atoms with E-state index in [1.165, 1.54) is 6.20 Å². The number of benzene rings is 1. The highest BCUT2D eigenvalue weighted by atomic mass is 19.4. The fourth-order valence-electron chi connectivity index (χ4n) is 3.81. The lowest BCUT2D eigenvalue weighted by Gasteiger charge is -2.37. The maximum Gasteiger partial charge on any atom is 0.416 e. The zero-order chi connectivity index (χ0) is 21.6. The van der Waals surface area contributed by atoms with Gasteiger partial charge in [0.2, 0.25) is 0 Å². The third kappa shape index (κ3) is 3.64. The number of aromatic nitrogens is 4. The smallest absolute Gasteiger partial charge is 0.416 e. The third-order valence-corrected chi connectivity index (χ3v) is 5.32. The second-order valence-electron chi connectivity index (χ2n) is 7.52. The van der Waals surface area contributed by atoms with E-state index in [0.29, 0.717) is 37.0 Å². The number of nitrogens with zero attached hydrogens (tertiary/aromatic N) is 6. The molecular weight excluding hydrogens is 404 g/mol. The van der Waals surface area contributed by atoms with Gasteiger partial charge in [0, 0.05) is 45.0 Å². The van der Waals surface area contributed by atoms with Gasteiger partial charge in [-0.2, -0.15) is 13.2 Å². The minimum atomic E-state index is -4.57. The van der Waals surface area contributed by atoms with E-state index in [0.717, 1.165) is 12.1 Å². The van der Waals surface area contributed by atoms with Gasteiger partial charge in [0.1, 0.15) is 11.9 Å². The molecule has 2 atom stereocenters. The third-order valence-electron chi connectivity index (χ3n) is 5.32. The standard InChI is InChI=1S/C19H20F4N6O/c1-27-9-12(20)8-13(10-27)28(2)18-17-24-5-6-29(17)16(25-26-18)14-4-3-11(7-15(14)30)19(21,22)23/h3-7,12-13,30H,8-10H2,1-2H3/t12-,13?/m1/s1. The Bertz CT molecular complexity index is 1060. The van der Waals surface area contributed by atoms with Gasteiger partial charge in [-0.25, -0.2) is 9.37 Å². The summed E-state index contributed by atoms with van der Waals surface area (Å²) in [7, 11) is 3.63. The number of alkyl halides is 4. The topological polar surface area (TPSA) is 69.8 Å². The fraction of sp³-hybridized carbons (Fsp3) is 0.421. The number of piperidine rings is 1. The summed E-state index contributed by atoms with van der Waals surface area (Å²) in [5.41, 5.74) is -0.462. The van der Waals surface area contributed by atoms with Crippen LogP contribution in [0.25, 0.3) is 17.0 Å². The van der Waals surface area contributed by atoms with Crippen LogP contribution in [0.1, 0.15) is 12.0 Å². The predicted octanol–water partition coefficient (Wildman–Crippen LogP) is 2.99. The van der Waals surface area contributed by atoms with E-state index in [1.54, 1.807) is 17.6 Å². The lowest BCUT2D eigenvalue weighted by atomic mass is 10.0. The van der Waals surface area contributed by atoms with Crippen molar-refractivity contribution in [1.82, 2.24) is 24.5 Å². The molecule has 0 saturated carbocycles. The van der Waals surface area contributed by atoms with Gasteiger partial charge in [-0.15, -0.1) is 10.2 Å². The molecule has 1 saturated heterocycles. The number of hydrogen-bond donors (Lipinski definition) is 1. The molecule has 7 nitrogen and oxygen atoms in total. The number of phenols is 1. The van der Waals surface area contributed by atoms with E-state index < -0.39 is 23.7 Å². The number of halogens is 4. The average molecular weight is 424 g/mol. The van der Waals surface area contributed by atoms with Crippen LogP contribution in [0.3, 0.4) is 0 Å². The Morgan fingerprint density at radius 3 is 2.63 bits per heavy atom. The average Bonchev–Trinajstić information content (AvgIpc) is 3.15. The molecule has 11 heteroatoms. The minimum absolute atomic E-state index is 0.0916. The van der Waals surface area contributed by atoms with Crippen LogP contribution in [0, 0.1) is 0 Å². The number of aromatic hydroxyl groups is 1. The molecule has 1 aromatic carbocycles. The van der Waals surface area contributed by atoms with Gasteiger partial charge in [-0.3, -0.25) is 4.40 Å². The summed E-state index contributed by atoms with van der Waals surface area (Å²) in [5.74, 6) is 0.00191. The highest BCUT2D eigenvalue weighted by Gasteiger charge is 2.32. The maximum atomic E-state index is 14.0. The number of fused-ring (bicyclic) bond motifs is 1. The van der Waals surface area contributed by atoms with Crippen molar-refractivity contribution in [3.8, 4) is 17.1 Å².